The topological polar surface area (TPSA) is 42.1 Å². The number of rotatable bonds is 5. The molecule has 2 N–H and O–H groups in total. The fraction of sp³-hybridized carbons (Fsp3) is 0.700. The standard InChI is InChI=1S/C10H18BrN3S/c1-4-14(7-10(2,3)6-12)9-13-8(11)5-15-9/h5H,4,6-7,12H2,1-3H3. The Balaban J connectivity index is 2.72. The van der Waals surface area contributed by atoms with Gasteiger partial charge in [0.25, 0.3) is 0 Å². The summed E-state index contributed by atoms with van der Waals surface area (Å²) >= 11 is 5.03. The highest BCUT2D eigenvalue weighted by Crippen LogP contribution is 2.26. The summed E-state index contributed by atoms with van der Waals surface area (Å²) in [6.07, 6.45) is 0. The van der Waals surface area contributed by atoms with Gasteiger partial charge in [-0.15, -0.1) is 11.3 Å². The Labute approximate surface area is 104 Å². The highest BCUT2D eigenvalue weighted by molar-refractivity contribution is 9.10. The Hall–Kier alpha value is -0.130. The van der Waals surface area contributed by atoms with E-state index in [1.807, 2.05) is 5.38 Å². The van der Waals surface area contributed by atoms with E-state index in [9.17, 15) is 0 Å². The molecule has 0 saturated carbocycles. The second-order valence-corrected chi connectivity index (χ2v) is 5.98. The predicted molar refractivity (Wildman–Crippen MR) is 70.5 cm³/mol. The number of hydrogen-bond acceptors (Lipinski definition) is 4. The lowest BCUT2D eigenvalue weighted by Crippen LogP contribution is -2.38. The maximum absolute atomic E-state index is 5.74. The average molecular weight is 292 g/mol. The van der Waals surface area contributed by atoms with Crippen LogP contribution in [0.25, 0.3) is 0 Å². The fourth-order valence-corrected chi connectivity index (χ4v) is 2.60. The number of nitrogens with zero attached hydrogens (tertiary/aromatic N) is 2. The molecule has 0 aliphatic carbocycles. The molecule has 0 aliphatic rings. The second kappa shape index (κ2) is 5.27. The number of thiazole rings is 1. The SMILES string of the molecule is CCN(CC(C)(C)CN)c1nc(Br)cs1. The Morgan fingerprint density at radius 2 is 2.27 bits per heavy atom. The molecule has 86 valence electrons. The minimum Gasteiger partial charge on any atom is -0.348 e. The minimum absolute atomic E-state index is 0.133. The van der Waals surface area contributed by atoms with Crippen molar-refractivity contribution in [1.82, 2.24) is 4.98 Å². The first-order chi connectivity index (χ1) is 6.98. The van der Waals surface area contributed by atoms with E-state index in [-0.39, 0.29) is 5.41 Å². The van der Waals surface area contributed by atoms with Gasteiger partial charge in [0.1, 0.15) is 4.60 Å². The molecule has 0 atom stereocenters. The number of anilines is 1. The highest BCUT2D eigenvalue weighted by atomic mass is 79.9. The average Bonchev–Trinajstić information content (AvgIpc) is 2.61. The number of hydrogen-bond donors (Lipinski definition) is 1. The van der Waals surface area contributed by atoms with Crippen molar-refractivity contribution in [2.45, 2.75) is 20.8 Å². The molecule has 1 rings (SSSR count). The van der Waals surface area contributed by atoms with Crippen molar-refractivity contribution in [2.75, 3.05) is 24.5 Å². The summed E-state index contributed by atoms with van der Waals surface area (Å²) in [7, 11) is 0. The minimum atomic E-state index is 0.133. The Morgan fingerprint density at radius 1 is 1.60 bits per heavy atom. The first-order valence-corrected chi connectivity index (χ1v) is 6.72. The van der Waals surface area contributed by atoms with Crippen molar-refractivity contribution in [3.05, 3.63) is 9.98 Å². The maximum Gasteiger partial charge on any atom is 0.186 e. The molecule has 3 nitrogen and oxygen atoms in total. The zero-order valence-corrected chi connectivity index (χ0v) is 11.9. The largest absolute Gasteiger partial charge is 0.348 e. The van der Waals surface area contributed by atoms with Gasteiger partial charge in [-0.25, -0.2) is 4.98 Å². The van der Waals surface area contributed by atoms with Crippen LogP contribution >= 0.6 is 27.3 Å². The summed E-state index contributed by atoms with van der Waals surface area (Å²) in [6.45, 7) is 9.10. The first-order valence-electron chi connectivity index (χ1n) is 5.04. The van der Waals surface area contributed by atoms with Crippen LogP contribution in [0.4, 0.5) is 5.13 Å². The summed E-state index contributed by atoms with van der Waals surface area (Å²) in [4.78, 5) is 6.69. The van der Waals surface area contributed by atoms with Crippen LogP contribution in [-0.2, 0) is 0 Å². The van der Waals surface area contributed by atoms with Crippen LogP contribution in [0, 0.1) is 5.41 Å². The maximum atomic E-state index is 5.74. The van der Waals surface area contributed by atoms with Gasteiger partial charge in [-0.2, -0.15) is 0 Å². The van der Waals surface area contributed by atoms with E-state index in [1.54, 1.807) is 11.3 Å². The van der Waals surface area contributed by atoms with Crippen LogP contribution < -0.4 is 10.6 Å². The summed E-state index contributed by atoms with van der Waals surface area (Å²) in [5.41, 5.74) is 5.87. The lowest BCUT2D eigenvalue weighted by atomic mass is 9.93. The van der Waals surface area contributed by atoms with Crippen LogP contribution in [0.5, 0.6) is 0 Å². The number of nitrogens with two attached hydrogens (primary N) is 1. The molecule has 1 aromatic heterocycles. The molecule has 1 aromatic rings. The number of aromatic nitrogens is 1. The van der Waals surface area contributed by atoms with Crippen molar-refractivity contribution in [3.63, 3.8) is 0 Å². The fourth-order valence-electron chi connectivity index (χ4n) is 1.29. The molecule has 0 unspecified atom stereocenters. The summed E-state index contributed by atoms with van der Waals surface area (Å²) in [6, 6.07) is 0. The smallest absolute Gasteiger partial charge is 0.186 e. The molecular formula is C10H18BrN3S. The number of halogens is 1. The van der Waals surface area contributed by atoms with Crippen LogP contribution in [-0.4, -0.2) is 24.6 Å². The van der Waals surface area contributed by atoms with Crippen molar-refractivity contribution in [3.8, 4) is 0 Å². The Bertz CT molecular complexity index is 311. The van der Waals surface area contributed by atoms with Gasteiger partial charge in [0.15, 0.2) is 5.13 Å². The van der Waals surface area contributed by atoms with E-state index < -0.39 is 0 Å². The van der Waals surface area contributed by atoms with E-state index in [4.69, 9.17) is 5.73 Å². The van der Waals surface area contributed by atoms with Crippen LogP contribution in [0.3, 0.4) is 0 Å². The molecule has 15 heavy (non-hydrogen) atoms. The van der Waals surface area contributed by atoms with Gasteiger partial charge in [-0.3, -0.25) is 0 Å². The van der Waals surface area contributed by atoms with Crippen LogP contribution in [0.1, 0.15) is 20.8 Å². The monoisotopic (exact) mass is 291 g/mol. The molecule has 0 aliphatic heterocycles. The van der Waals surface area contributed by atoms with Gasteiger partial charge in [0.2, 0.25) is 0 Å². The molecule has 0 amide bonds. The molecule has 0 spiro atoms. The van der Waals surface area contributed by atoms with E-state index >= 15 is 0 Å². The summed E-state index contributed by atoms with van der Waals surface area (Å²) in [5.74, 6) is 0. The van der Waals surface area contributed by atoms with Gasteiger partial charge >= 0.3 is 0 Å². The second-order valence-electron chi connectivity index (χ2n) is 4.34. The van der Waals surface area contributed by atoms with Gasteiger partial charge < -0.3 is 10.6 Å². The zero-order valence-electron chi connectivity index (χ0n) is 9.46. The van der Waals surface area contributed by atoms with E-state index in [0.29, 0.717) is 6.54 Å². The Morgan fingerprint density at radius 3 is 2.67 bits per heavy atom. The van der Waals surface area contributed by atoms with Gasteiger partial charge in [0.05, 0.1) is 0 Å². The van der Waals surface area contributed by atoms with Gasteiger partial charge in [-0.1, -0.05) is 13.8 Å². The molecule has 1 heterocycles. The predicted octanol–water partition coefficient (Wildman–Crippen LogP) is 2.72. The molecule has 0 saturated heterocycles. The molecule has 0 bridgehead atoms. The summed E-state index contributed by atoms with van der Waals surface area (Å²) < 4.78 is 0.909. The third kappa shape index (κ3) is 3.74. The zero-order chi connectivity index (χ0) is 11.5. The van der Waals surface area contributed by atoms with Crippen LogP contribution in [0.2, 0.25) is 0 Å². The third-order valence-electron chi connectivity index (χ3n) is 2.29. The first kappa shape index (κ1) is 12.9. The quantitative estimate of drug-likeness (QED) is 0.907. The van der Waals surface area contributed by atoms with E-state index in [0.717, 1.165) is 22.8 Å². The lowest BCUT2D eigenvalue weighted by molar-refractivity contribution is 0.379. The van der Waals surface area contributed by atoms with Crippen molar-refractivity contribution in [1.29, 1.82) is 0 Å². The third-order valence-corrected chi connectivity index (χ3v) is 3.90. The van der Waals surface area contributed by atoms with E-state index in [1.165, 1.54) is 0 Å². The normalized spacial score (nSPS) is 11.8. The van der Waals surface area contributed by atoms with Crippen molar-refractivity contribution < 1.29 is 0 Å². The Kier molecular flexibility index (Phi) is 4.55. The molecule has 0 fully saturated rings. The molecular weight excluding hydrogens is 274 g/mol. The van der Waals surface area contributed by atoms with Crippen molar-refractivity contribution >= 4 is 32.4 Å². The molecule has 0 radical (unpaired) electrons. The van der Waals surface area contributed by atoms with Gasteiger partial charge in [0, 0.05) is 18.5 Å². The highest BCUT2D eigenvalue weighted by Gasteiger charge is 2.21. The molecule has 0 aromatic carbocycles. The summed E-state index contributed by atoms with van der Waals surface area (Å²) in [5, 5.41) is 3.07. The lowest BCUT2D eigenvalue weighted by Gasteiger charge is -2.30. The molecule has 5 heteroatoms. The van der Waals surface area contributed by atoms with E-state index in [2.05, 4.69) is 46.6 Å². The van der Waals surface area contributed by atoms with Crippen LogP contribution in [0.15, 0.2) is 9.98 Å². The van der Waals surface area contributed by atoms with Gasteiger partial charge in [-0.05, 0) is 34.8 Å². The van der Waals surface area contributed by atoms with Crippen molar-refractivity contribution in [2.24, 2.45) is 11.1 Å².